The third kappa shape index (κ3) is 2.47. The van der Waals surface area contributed by atoms with E-state index in [0.29, 0.717) is 18.7 Å². The maximum Gasteiger partial charge on any atom is 0.255 e. The molecule has 0 unspecified atom stereocenters. The molecule has 0 saturated heterocycles. The van der Waals surface area contributed by atoms with Crippen molar-refractivity contribution in [2.75, 3.05) is 13.1 Å². The summed E-state index contributed by atoms with van der Waals surface area (Å²) in [6, 6.07) is 21.3. The van der Waals surface area contributed by atoms with Crippen molar-refractivity contribution in [2.24, 2.45) is 5.73 Å². The SMILES string of the molecule is NCCN1C(=O)c2ccccc2C1(c1ccc(O)cc1)c1ccc(O)cc1. The van der Waals surface area contributed by atoms with E-state index in [1.165, 1.54) is 0 Å². The van der Waals surface area contributed by atoms with Crippen LogP contribution in [0.15, 0.2) is 72.8 Å². The Morgan fingerprint density at radius 3 is 1.85 bits per heavy atom. The van der Waals surface area contributed by atoms with Gasteiger partial charge in [-0.25, -0.2) is 0 Å². The van der Waals surface area contributed by atoms with E-state index < -0.39 is 5.54 Å². The molecule has 1 aliphatic rings. The van der Waals surface area contributed by atoms with Crippen molar-refractivity contribution in [3.05, 3.63) is 95.1 Å². The highest BCUT2D eigenvalue weighted by Gasteiger charge is 2.51. The Morgan fingerprint density at radius 1 is 0.815 bits per heavy atom. The molecule has 136 valence electrons. The van der Waals surface area contributed by atoms with Gasteiger partial charge in [-0.2, -0.15) is 0 Å². The molecule has 27 heavy (non-hydrogen) atoms. The summed E-state index contributed by atoms with van der Waals surface area (Å²) in [6.45, 7) is 0.687. The van der Waals surface area contributed by atoms with Crippen LogP contribution in [0, 0.1) is 0 Å². The van der Waals surface area contributed by atoms with Crippen molar-refractivity contribution in [3.8, 4) is 11.5 Å². The molecule has 4 rings (SSSR count). The van der Waals surface area contributed by atoms with Gasteiger partial charge in [-0.1, -0.05) is 42.5 Å². The van der Waals surface area contributed by atoms with Crippen molar-refractivity contribution in [1.82, 2.24) is 4.90 Å². The van der Waals surface area contributed by atoms with Crippen LogP contribution in [0.3, 0.4) is 0 Å². The molecule has 0 saturated carbocycles. The smallest absolute Gasteiger partial charge is 0.255 e. The second-order valence-electron chi connectivity index (χ2n) is 6.60. The quantitative estimate of drug-likeness (QED) is 0.668. The van der Waals surface area contributed by atoms with Gasteiger partial charge in [0.1, 0.15) is 17.0 Å². The average molecular weight is 360 g/mol. The maximum atomic E-state index is 13.3. The summed E-state index contributed by atoms with van der Waals surface area (Å²) in [5, 5.41) is 19.5. The highest BCUT2D eigenvalue weighted by molar-refractivity contribution is 6.01. The summed E-state index contributed by atoms with van der Waals surface area (Å²) >= 11 is 0. The third-order valence-corrected chi connectivity index (χ3v) is 5.12. The molecule has 0 atom stereocenters. The molecule has 5 nitrogen and oxygen atoms in total. The van der Waals surface area contributed by atoms with Gasteiger partial charge in [-0.3, -0.25) is 4.79 Å². The van der Waals surface area contributed by atoms with Crippen LogP contribution < -0.4 is 5.73 Å². The van der Waals surface area contributed by atoms with E-state index in [-0.39, 0.29) is 17.4 Å². The molecule has 5 heteroatoms. The number of nitrogens with zero attached hydrogens (tertiary/aromatic N) is 1. The second kappa shape index (κ2) is 6.45. The van der Waals surface area contributed by atoms with Gasteiger partial charge in [0.25, 0.3) is 5.91 Å². The summed E-state index contributed by atoms with van der Waals surface area (Å²) in [6.07, 6.45) is 0. The number of phenolic OH excluding ortho intramolecular Hbond substituents is 2. The zero-order valence-electron chi connectivity index (χ0n) is 14.7. The standard InChI is InChI=1S/C22H20N2O3/c23-13-14-24-21(27)19-3-1-2-4-20(19)22(24,15-5-9-17(25)10-6-15)16-7-11-18(26)12-8-16/h1-12,25-26H,13-14,23H2. The van der Waals surface area contributed by atoms with E-state index in [4.69, 9.17) is 5.73 Å². The highest BCUT2D eigenvalue weighted by atomic mass is 16.3. The van der Waals surface area contributed by atoms with Crippen LogP contribution in [0.2, 0.25) is 0 Å². The molecule has 0 fully saturated rings. The largest absolute Gasteiger partial charge is 0.508 e. The normalized spacial score (nSPS) is 15.0. The first kappa shape index (κ1) is 17.1. The number of carbonyl (C=O) groups excluding carboxylic acids is 1. The van der Waals surface area contributed by atoms with E-state index in [2.05, 4.69) is 0 Å². The van der Waals surface area contributed by atoms with E-state index in [0.717, 1.165) is 16.7 Å². The van der Waals surface area contributed by atoms with Gasteiger partial charge < -0.3 is 20.8 Å². The predicted octanol–water partition coefficient (Wildman–Crippen LogP) is 2.80. The van der Waals surface area contributed by atoms with E-state index in [9.17, 15) is 15.0 Å². The number of aromatic hydroxyl groups is 2. The Morgan fingerprint density at radius 2 is 1.33 bits per heavy atom. The summed E-state index contributed by atoms with van der Waals surface area (Å²) in [4.78, 5) is 15.0. The van der Waals surface area contributed by atoms with Gasteiger partial charge in [-0.05, 0) is 47.0 Å². The van der Waals surface area contributed by atoms with Gasteiger partial charge in [0.05, 0.1) is 0 Å². The Bertz CT molecular complexity index is 936. The summed E-state index contributed by atoms with van der Waals surface area (Å²) in [7, 11) is 0. The van der Waals surface area contributed by atoms with Crippen molar-refractivity contribution < 1.29 is 15.0 Å². The Kier molecular flexibility index (Phi) is 4.09. The van der Waals surface area contributed by atoms with Gasteiger partial charge in [0.15, 0.2) is 0 Å². The zero-order chi connectivity index (χ0) is 19.0. The van der Waals surface area contributed by atoms with Crippen LogP contribution >= 0.6 is 0 Å². The number of amides is 1. The van der Waals surface area contributed by atoms with Crippen LogP contribution in [0.4, 0.5) is 0 Å². The minimum atomic E-state index is -0.881. The predicted molar refractivity (Wildman–Crippen MR) is 103 cm³/mol. The number of hydrogen-bond acceptors (Lipinski definition) is 4. The van der Waals surface area contributed by atoms with E-state index in [1.807, 2.05) is 48.5 Å². The minimum absolute atomic E-state index is 0.0859. The highest BCUT2D eigenvalue weighted by Crippen LogP contribution is 2.49. The van der Waals surface area contributed by atoms with Crippen molar-refractivity contribution in [2.45, 2.75) is 5.54 Å². The number of benzene rings is 3. The molecule has 0 bridgehead atoms. The molecule has 3 aromatic carbocycles. The lowest BCUT2D eigenvalue weighted by molar-refractivity contribution is 0.0684. The van der Waals surface area contributed by atoms with Crippen molar-refractivity contribution in [1.29, 1.82) is 0 Å². The fourth-order valence-corrected chi connectivity index (χ4v) is 4.02. The molecule has 1 heterocycles. The average Bonchev–Trinajstić information content (AvgIpc) is 2.93. The van der Waals surface area contributed by atoms with E-state index >= 15 is 0 Å². The monoisotopic (exact) mass is 360 g/mol. The Labute approximate surface area is 157 Å². The van der Waals surface area contributed by atoms with Crippen LogP contribution in [0.5, 0.6) is 11.5 Å². The first-order valence-electron chi connectivity index (χ1n) is 8.79. The first-order chi connectivity index (χ1) is 13.1. The number of nitrogens with two attached hydrogens (primary N) is 1. The van der Waals surface area contributed by atoms with Crippen molar-refractivity contribution in [3.63, 3.8) is 0 Å². The van der Waals surface area contributed by atoms with Crippen LogP contribution in [0.25, 0.3) is 0 Å². The van der Waals surface area contributed by atoms with Crippen LogP contribution in [0.1, 0.15) is 27.0 Å². The summed E-state index contributed by atoms with van der Waals surface area (Å²) in [5.41, 5.74) is 8.16. The summed E-state index contributed by atoms with van der Waals surface area (Å²) < 4.78 is 0. The van der Waals surface area contributed by atoms with Crippen LogP contribution in [-0.2, 0) is 5.54 Å². The maximum absolute atomic E-state index is 13.3. The van der Waals surface area contributed by atoms with Crippen LogP contribution in [-0.4, -0.2) is 34.1 Å². The molecule has 0 aromatic heterocycles. The number of rotatable bonds is 4. The molecular weight excluding hydrogens is 340 g/mol. The molecule has 1 aliphatic heterocycles. The molecule has 0 spiro atoms. The van der Waals surface area contributed by atoms with Gasteiger partial charge in [-0.15, -0.1) is 0 Å². The van der Waals surface area contributed by atoms with Gasteiger partial charge >= 0.3 is 0 Å². The molecule has 4 N–H and O–H groups in total. The zero-order valence-corrected chi connectivity index (χ0v) is 14.7. The Balaban J connectivity index is 2.08. The van der Waals surface area contributed by atoms with Crippen molar-refractivity contribution >= 4 is 5.91 Å². The van der Waals surface area contributed by atoms with Gasteiger partial charge in [0.2, 0.25) is 0 Å². The third-order valence-electron chi connectivity index (χ3n) is 5.12. The molecule has 0 aliphatic carbocycles. The second-order valence-corrected chi connectivity index (χ2v) is 6.60. The number of carbonyl (C=O) groups is 1. The number of phenols is 2. The fourth-order valence-electron chi connectivity index (χ4n) is 4.02. The first-order valence-corrected chi connectivity index (χ1v) is 8.79. The fraction of sp³-hybridized carbons (Fsp3) is 0.136. The number of fused-ring (bicyclic) bond motifs is 1. The lowest BCUT2D eigenvalue weighted by Crippen LogP contribution is -2.47. The Hall–Kier alpha value is -3.31. The molecule has 3 aromatic rings. The lowest BCUT2D eigenvalue weighted by Gasteiger charge is -2.40. The number of hydrogen-bond donors (Lipinski definition) is 3. The lowest BCUT2D eigenvalue weighted by atomic mass is 9.77. The van der Waals surface area contributed by atoms with Gasteiger partial charge in [0, 0.05) is 18.7 Å². The topological polar surface area (TPSA) is 86.8 Å². The minimum Gasteiger partial charge on any atom is -0.508 e. The molecule has 1 amide bonds. The molecular formula is C22H20N2O3. The van der Waals surface area contributed by atoms with E-state index in [1.54, 1.807) is 29.2 Å². The summed E-state index contributed by atoms with van der Waals surface area (Å²) in [5.74, 6) is 0.224. The molecule has 0 radical (unpaired) electrons.